The molecular formula is C16H37IN4. The molecule has 5 heteroatoms. The minimum Gasteiger partial charge on any atom is -0.357 e. The molecule has 0 saturated carbocycles. The summed E-state index contributed by atoms with van der Waals surface area (Å²) in [5.74, 6) is 1.69. The van der Waals surface area contributed by atoms with E-state index in [1.807, 2.05) is 0 Å². The van der Waals surface area contributed by atoms with Gasteiger partial charge in [0.05, 0.1) is 6.54 Å². The van der Waals surface area contributed by atoms with E-state index in [1.165, 1.54) is 12.8 Å². The van der Waals surface area contributed by atoms with Gasteiger partial charge in [-0.2, -0.15) is 0 Å². The summed E-state index contributed by atoms with van der Waals surface area (Å²) in [4.78, 5) is 6.94. The van der Waals surface area contributed by atoms with E-state index in [-0.39, 0.29) is 29.5 Å². The molecule has 0 spiro atoms. The van der Waals surface area contributed by atoms with Crippen LogP contribution in [0, 0.1) is 5.92 Å². The number of halogens is 1. The van der Waals surface area contributed by atoms with Crippen LogP contribution in [0.4, 0.5) is 0 Å². The van der Waals surface area contributed by atoms with Crippen LogP contribution in [-0.4, -0.2) is 49.6 Å². The van der Waals surface area contributed by atoms with Gasteiger partial charge in [-0.25, -0.2) is 0 Å². The third kappa shape index (κ3) is 11.2. The lowest BCUT2D eigenvalue weighted by atomic mass is 10.0. The number of nitrogens with zero attached hydrogens (tertiary/aromatic N) is 2. The topological polar surface area (TPSA) is 39.7 Å². The lowest BCUT2D eigenvalue weighted by Gasteiger charge is -2.31. The molecule has 0 bridgehead atoms. The minimum atomic E-state index is 0. The summed E-state index contributed by atoms with van der Waals surface area (Å²) < 4.78 is 0. The van der Waals surface area contributed by atoms with E-state index >= 15 is 0 Å². The highest BCUT2D eigenvalue weighted by molar-refractivity contribution is 14.0. The first-order valence-corrected chi connectivity index (χ1v) is 7.91. The van der Waals surface area contributed by atoms with Crippen LogP contribution in [0.25, 0.3) is 0 Å². The highest BCUT2D eigenvalue weighted by Gasteiger charge is 2.20. The van der Waals surface area contributed by atoms with Gasteiger partial charge in [-0.05, 0) is 60.5 Å². The molecule has 0 aromatic heterocycles. The Hall–Kier alpha value is -0.0400. The molecule has 0 saturated heterocycles. The number of nitrogens with one attached hydrogen (secondary N) is 2. The van der Waals surface area contributed by atoms with Gasteiger partial charge >= 0.3 is 0 Å². The maximum absolute atomic E-state index is 4.73. The van der Waals surface area contributed by atoms with E-state index < -0.39 is 0 Å². The molecule has 0 aliphatic heterocycles. The van der Waals surface area contributed by atoms with E-state index in [1.54, 1.807) is 0 Å². The van der Waals surface area contributed by atoms with Crippen molar-refractivity contribution in [1.82, 2.24) is 15.5 Å². The second kappa shape index (κ2) is 11.5. The summed E-state index contributed by atoms with van der Waals surface area (Å²) in [6.07, 6.45) is 2.43. The Kier molecular flexibility index (Phi) is 12.7. The van der Waals surface area contributed by atoms with Crippen molar-refractivity contribution < 1.29 is 0 Å². The van der Waals surface area contributed by atoms with Crippen LogP contribution in [-0.2, 0) is 0 Å². The first-order chi connectivity index (χ1) is 9.19. The van der Waals surface area contributed by atoms with E-state index in [9.17, 15) is 0 Å². The molecule has 0 heterocycles. The second-order valence-electron chi connectivity index (χ2n) is 6.92. The van der Waals surface area contributed by atoms with Crippen LogP contribution < -0.4 is 10.6 Å². The SMILES string of the molecule is CCNC(=NCC(C)(C)N(C)C)NC(C)CCC(C)C.I. The molecule has 4 nitrogen and oxygen atoms in total. The lowest BCUT2D eigenvalue weighted by molar-refractivity contribution is 0.204. The van der Waals surface area contributed by atoms with E-state index in [2.05, 4.69) is 71.2 Å². The number of hydrogen-bond donors (Lipinski definition) is 2. The maximum Gasteiger partial charge on any atom is 0.191 e. The van der Waals surface area contributed by atoms with Gasteiger partial charge in [-0.3, -0.25) is 4.99 Å². The van der Waals surface area contributed by atoms with Gasteiger partial charge in [0, 0.05) is 18.1 Å². The molecule has 128 valence electrons. The monoisotopic (exact) mass is 412 g/mol. The Morgan fingerprint density at radius 3 is 2.14 bits per heavy atom. The van der Waals surface area contributed by atoms with Crippen LogP contribution >= 0.6 is 24.0 Å². The minimum absolute atomic E-state index is 0. The quantitative estimate of drug-likeness (QED) is 0.365. The maximum atomic E-state index is 4.73. The summed E-state index contributed by atoms with van der Waals surface area (Å²) in [5, 5.41) is 6.84. The highest BCUT2D eigenvalue weighted by atomic mass is 127. The second-order valence-corrected chi connectivity index (χ2v) is 6.92. The number of rotatable bonds is 8. The van der Waals surface area contributed by atoms with Gasteiger partial charge in [0.1, 0.15) is 0 Å². The molecule has 0 aromatic carbocycles. The first-order valence-electron chi connectivity index (χ1n) is 7.91. The summed E-state index contributed by atoms with van der Waals surface area (Å²) in [5.41, 5.74) is 0.0729. The number of likely N-dealkylation sites (N-methyl/N-ethyl adjacent to an activating group) is 1. The Labute approximate surface area is 149 Å². The fraction of sp³-hybridized carbons (Fsp3) is 0.938. The first kappa shape index (κ1) is 23.2. The Morgan fingerprint density at radius 2 is 1.71 bits per heavy atom. The third-order valence-corrected chi connectivity index (χ3v) is 3.74. The number of aliphatic imine (C=N–C) groups is 1. The van der Waals surface area contributed by atoms with Gasteiger partial charge in [-0.1, -0.05) is 13.8 Å². The summed E-state index contributed by atoms with van der Waals surface area (Å²) in [6, 6.07) is 0.456. The smallest absolute Gasteiger partial charge is 0.191 e. The van der Waals surface area contributed by atoms with Gasteiger partial charge in [0.2, 0.25) is 0 Å². The Bertz CT molecular complexity index is 288. The van der Waals surface area contributed by atoms with Crippen molar-refractivity contribution in [2.75, 3.05) is 27.2 Å². The molecule has 0 radical (unpaired) electrons. The van der Waals surface area contributed by atoms with E-state index in [4.69, 9.17) is 4.99 Å². The lowest BCUT2D eigenvalue weighted by Crippen LogP contribution is -2.45. The van der Waals surface area contributed by atoms with Crippen molar-refractivity contribution in [2.24, 2.45) is 10.9 Å². The number of guanidine groups is 1. The van der Waals surface area contributed by atoms with Crippen molar-refractivity contribution in [3.63, 3.8) is 0 Å². The zero-order chi connectivity index (χ0) is 15.8. The standard InChI is InChI=1S/C16H36N4.HI/c1-9-17-15(18-12-16(5,6)20(7)8)19-14(4)11-10-13(2)3;/h13-14H,9-12H2,1-8H3,(H2,17,18,19);1H. The molecule has 0 rings (SSSR count). The van der Waals surface area contributed by atoms with Gasteiger partial charge in [0.15, 0.2) is 5.96 Å². The van der Waals surface area contributed by atoms with Crippen LogP contribution in [0.5, 0.6) is 0 Å². The molecule has 0 aliphatic rings. The molecule has 0 aliphatic carbocycles. The molecule has 0 amide bonds. The van der Waals surface area contributed by atoms with Crippen molar-refractivity contribution >= 4 is 29.9 Å². The molecule has 0 aromatic rings. The van der Waals surface area contributed by atoms with Crippen LogP contribution in [0.3, 0.4) is 0 Å². The Morgan fingerprint density at radius 1 is 1.14 bits per heavy atom. The normalized spacial score (nSPS) is 14.1. The molecule has 2 N–H and O–H groups in total. The molecule has 1 unspecified atom stereocenters. The van der Waals surface area contributed by atoms with Gasteiger partial charge < -0.3 is 15.5 Å². The van der Waals surface area contributed by atoms with Crippen molar-refractivity contribution in [3.05, 3.63) is 0 Å². The number of hydrogen-bond acceptors (Lipinski definition) is 2. The van der Waals surface area contributed by atoms with Gasteiger partial charge in [-0.15, -0.1) is 24.0 Å². The summed E-state index contributed by atoms with van der Waals surface area (Å²) in [6.45, 7) is 15.0. The zero-order valence-electron chi connectivity index (χ0n) is 15.3. The van der Waals surface area contributed by atoms with Crippen LogP contribution in [0.1, 0.15) is 54.4 Å². The average molecular weight is 412 g/mol. The van der Waals surface area contributed by atoms with Crippen molar-refractivity contribution in [1.29, 1.82) is 0 Å². The largest absolute Gasteiger partial charge is 0.357 e. The predicted octanol–water partition coefficient (Wildman–Crippen LogP) is 3.32. The summed E-state index contributed by atoms with van der Waals surface area (Å²) in [7, 11) is 4.20. The fourth-order valence-electron chi connectivity index (χ4n) is 1.62. The molecule has 0 fully saturated rings. The van der Waals surface area contributed by atoms with E-state index in [0.717, 1.165) is 25.0 Å². The molecular weight excluding hydrogens is 375 g/mol. The highest BCUT2D eigenvalue weighted by Crippen LogP contribution is 2.10. The predicted molar refractivity (Wildman–Crippen MR) is 106 cm³/mol. The average Bonchev–Trinajstić information content (AvgIpc) is 2.33. The summed E-state index contributed by atoms with van der Waals surface area (Å²) >= 11 is 0. The van der Waals surface area contributed by atoms with Gasteiger partial charge in [0.25, 0.3) is 0 Å². The zero-order valence-corrected chi connectivity index (χ0v) is 17.6. The van der Waals surface area contributed by atoms with Crippen molar-refractivity contribution in [3.8, 4) is 0 Å². The molecule has 1 atom stereocenters. The van der Waals surface area contributed by atoms with Crippen molar-refractivity contribution in [2.45, 2.75) is 66.0 Å². The van der Waals surface area contributed by atoms with E-state index in [0.29, 0.717) is 6.04 Å². The van der Waals surface area contributed by atoms with Crippen LogP contribution in [0.15, 0.2) is 4.99 Å². The fourth-order valence-corrected chi connectivity index (χ4v) is 1.62. The van der Waals surface area contributed by atoms with Crippen LogP contribution in [0.2, 0.25) is 0 Å². The Balaban J connectivity index is 0. The molecule has 21 heavy (non-hydrogen) atoms. The third-order valence-electron chi connectivity index (χ3n) is 3.74.